The van der Waals surface area contributed by atoms with E-state index in [0.717, 1.165) is 12.8 Å². The molecule has 0 saturated carbocycles. The summed E-state index contributed by atoms with van der Waals surface area (Å²) in [4.78, 5) is 14.3. The van der Waals surface area contributed by atoms with Crippen LogP contribution in [0.4, 0.5) is 4.39 Å². The maximum atomic E-state index is 13.0. The van der Waals surface area contributed by atoms with Gasteiger partial charge >= 0.3 is 0 Å². The molecule has 1 aliphatic rings. The zero-order valence-electron chi connectivity index (χ0n) is 13.8. The number of likely N-dealkylation sites (tertiary alicyclic amines) is 1. The summed E-state index contributed by atoms with van der Waals surface area (Å²) in [7, 11) is 1.74. The van der Waals surface area contributed by atoms with Crippen LogP contribution in [0, 0.1) is 11.7 Å². The minimum absolute atomic E-state index is 0.0258. The number of halogens is 1. The highest BCUT2D eigenvalue weighted by atomic mass is 19.1. The van der Waals surface area contributed by atoms with Gasteiger partial charge in [-0.05, 0) is 48.6 Å². The maximum Gasteiger partial charge on any atom is 0.253 e. The number of methoxy groups -OCH3 is 1. The van der Waals surface area contributed by atoms with Crippen molar-refractivity contribution in [3.05, 3.63) is 71.5 Å². The van der Waals surface area contributed by atoms with Crippen molar-refractivity contribution in [1.29, 1.82) is 0 Å². The molecule has 126 valence electrons. The Bertz CT molecular complexity index is 664. The third-order valence-corrected chi connectivity index (χ3v) is 4.73. The van der Waals surface area contributed by atoms with Gasteiger partial charge in [0.05, 0.1) is 6.10 Å². The summed E-state index contributed by atoms with van der Waals surface area (Å²) in [6, 6.07) is 16.0. The van der Waals surface area contributed by atoms with Gasteiger partial charge in [0.15, 0.2) is 0 Å². The van der Waals surface area contributed by atoms with Crippen molar-refractivity contribution in [2.45, 2.75) is 18.9 Å². The molecular weight excluding hydrogens is 305 g/mol. The average Bonchev–Trinajstić information content (AvgIpc) is 2.64. The van der Waals surface area contributed by atoms with Crippen LogP contribution in [-0.4, -0.2) is 31.0 Å². The summed E-state index contributed by atoms with van der Waals surface area (Å²) in [5.41, 5.74) is 1.73. The monoisotopic (exact) mass is 327 g/mol. The van der Waals surface area contributed by atoms with Crippen LogP contribution < -0.4 is 0 Å². The Morgan fingerprint density at radius 2 is 1.71 bits per heavy atom. The fourth-order valence-corrected chi connectivity index (χ4v) is 3.42. The molecule has 3 rings (SSSR count). The number of benzene rings is 2. The van der Waals surface area contributed by atoms with Gasteiger partial charge < -0.3 is 9.64 Å². The van der Waals surface area contributed by atoms with Crippen molar-refractivity contribution >= 4 is 5.91 Å². The fraction of sp³-hybridized carbons (Fsp3) is 0.350. The van der Waals surface area contributed by atoms with Gasteiger partial charge in [-0.1, -0.05) is 30.3 Å². The Kier molecular flexibility index (Phi) is 5.26. The Balaban J connectivity index is 1.62. The van der Waals surface area contributed by atoms with Crippen LogP contribution in [-0.2, 0) is 4.74 Å². The Hall–Kier alpha value is -2.20. The first-order valence-electron chi connectivity index (χ1n) is 8.31. The van der Waals surface area contributed by atoms with Crippen molar-refractivity contribution < 1.29 is 13.9 Å². The van der Waals surface area contributed by atoms with Crippen molar-refractivity contribution in [2.24, 2.45) is 5.92 Å². The molecule has 24 heavy (non-hydrogen) atoms. The molecule has 4 heteroatoms. The third kappa shape index (κ3) is 3.65. The fourth-order valence-electron chi connectivity index (χ4n) is 3.42. The van der Waals surface area contributed by atoms with E-state index in [1.54, 1.807) is 19.2 Å². The molecule has 0 bridgehead atoms. The summed E-state index contributed by atoms with van der Waals surface area (Å²) >= 11 is 0. The van der Waals surface area contributed by atoms with Crippen LogP contribution in [0.1, 0.15) is 34.9 Å². The van der Waals surface area contributed by atoms with Crippen LogP contribution in [0.2, 0.25) is 0 Å². The number of hydrogen-bond donors (Lipinski definition) is 0. The minimum atomic E-state index is -0.323. The summed E-state index contributed by atoms with van der Waals surface area (Å²) in [6.45, 7) is 1.40. The number of rotatable bonds is 4. The summed E-state index contributed by atoms with van der Waals surface area (Å²) in [5.74, 6) is 0.0489. The zero-order valence-corrected chi connectivity index (χ0v) is 13.8. The average molecular weight is 327 g/mol. The molecule has 1 heterocycles. The van der Waals surface area contributed by atoms with Crippen molar-refractivity contribution in [2.75, 3.05) is 20.2 Å². The molecule has 1 unspecified atom stereocenters. The van der Waals surface area contributed by atoms with E-state index in [4.69, 9.17) is 4.74 Å². The summed E-state index contributed by atoms with van der Waals surface area (Å²) < 4.78 is 18.7. The van der Waals surface area contributed by atoms with E-state index < -0.39 is 0 Å². The van der Waals surface area contributed by atoms with Gasteiger partial charge in [-0.25, -0.2) is 4.39 Å². The lowest BCUT2D eigenvalue weighted by Crippen LogP contribution is -2.40. The van der Waals surface area contributed by atoms with Gasteiger partial charge in [0, 0.05) is 25.8 Å². The maximum absolute atomic E-state index is 13.0. The standard InChI is InChI=1S/C20H22FNO2/c1-24-19(15-5-3-2-4-6-15)16-11-13-22(14-12-16)20(23)17-7-9-18(21)10-8-17/h2-10,16,19H,11-14H2,1H3. The third-order valence-electron chi connectivity index (χ3n) is 4.73. The van der Waals surface area contributed by atoms with Gasteiger partial charge in [-0.15, -0.1) is 0 Å². The Labute approximate surface area is 142 Å². The first kappa shape index (κ1) is 16.7. The highest BCUT2D eigenvalue weighted by molar-refractivity contribution is 5.94. The molecule has 0 spiro atoms. The highest BCUT2D eigenvalue weighted by Crippen LogP contribution is 2.33. The number of ether oxygens (including phenoxy) is 1. The highest BCUT2D eigenvalue weighted by Gasteiger charge is 2.29. The number of hydrogen-bond acceptors (Lipinski definition) is 2. The lowest BCUT2D eigenvalue weighted by atomic mass is 9.87. The minimum Gasteiger partial charge on any atom is -0.376 e. The van der Waals surface area contributed by atoms with E-state index in [2.05, 4.69) is 12.1 Å². The Morgan fingerprint density at radius 3 is 2.29 bits per heavy atom. The first-order chi connectivity index (χ1) is 11.7. The molecule has 0 aromatic heterocycles. The van der Waals surface area contributed by atoms with E-state index in [1.165, 1.54) is 17.7 Å². The SMILES string of the molecule is COC(c1ccccc1)C1CCN(C(=O)c2ccc(F)cc2)CC1. The normalized spacial score (nSPS) is 16.8. The first-order valence-corrected chi connectivity index (χ1v) is 8.31. The summed E-state index contributed by atoms with van der Waals surface area (Å²) in [6.07, 6.45) is 1.87. The van der Waals surface area contributed by atoms with Gasteiger partial charge in [0.1, 0.15) is 5.82 Å². The number of amides is 1. The lowest BCUT2D eigenvalue weighted by molar-refractivity contribution is 0.0195. The van der Waals surface area contributed by atoms with Crippen LogP contribution >= 0.6 is 0 Å². The molecule has 1 saturated heterocycles. The second kappa shape index (κ2) is 7.58. The largest absolute Gasteiger partial charge is 0.376 e. The molecule has 1 amide bonds. The molecule has 0 radical (unpaired) electrons. The number of nitrogens with zero attached hydrogens (tertiary/aromatic N) is 1. The van der Waals surface area contributed by atoms with Crippen molar-refractivity contribution in [3.63, 3.8) is 0 Å². The second-order valence-corrected chi connectivity index (χ2v) is 6.20. The molecule has 1 atom stereocenters. The van der Waals surface area contributed by atoms with Crippen LogP contribution in [0.5, 0.6) is 0 Å². The van der Waals surface area contributed by atoms with E-state index in [9.17, 15) is 9.18 Å². The molecular formula is C20H22FNO2. The predicted octanol–water partition coefficient (Wildman–Crippen LogP) is 4.07. The quantitative estimate of drug-likeness (QED) is 0.847. The molecule has 1 aliphatic heterocycles. The number of piperidine rings is 1. The van der Waals surface area contributed by atoms with Gasteiger partial charge in [0.25, 0.3) is 5.91 Å². The van der Waals surface area contributed by atoms with Crippen LogP contribution in [0.3, 0.4) is 0 Å². The van der Waals surface area contributed by atoms with E-state index in [-0.39, 0.29) is 17.8 Å². The smallest absolute Gasteiger partial charge is 0.253 e. The predicted molar refractivity (Wildman–Crippen MR) is 91.2 cm³/mol. The molecule has 2 aromatic carbocycles. The topological polar surface area (TPSA) is 29.5 Å². The van der Waals surface area contributed by atoms with E-state index in [1.807, 2.05) is 23.1 Å². The molecule has 3 nitrogen and oxygen atoms in total. The van der Waals surface area contributed by atoms with Gasteiger partial charge in [-0.3, -0.25) is 4.79 Å². The molecule has 0 aliphatic carbocycles. The zero-order chi connectivity index (χ0) is 16.9. The second-order valence-electron chi connectivity index (χ2n) is 6.20. The lowest BCUT2D eigenvalue weighted by Gasteiger charge is -2.35. The van der Waals surface area contributed by atoms with E-state index in [0.29, 0.717) is 24.6 Å². The van der Waals surface area contributed by atoms with Crippen molar-refractivity contribution in [3.8, 4) is 0 Å². The van der Waals surface area contributed by atoms with E-state index >= 15 is 0 Å². The number of carbonyl (C=O) groups excluding carboxylic acids is 1. The molecule has 2 aromatic rings. The van der Waals surface area contributed by atoms with Crippen LogP contribution in [0.25, 0.3) is 0 Å². The summed E-state index contributed by atoms with van der Waals surface area (Å²) in [5, 5.41) is 0. The van der Waals surface area contributed by atoms with Crippen LogP contribution in [0.15, 0.2) is 54.6 Å². The number of carbonyl (C=O) groups is 1. The molecule has 1 fully saturated rings. The molecule has 0 N–H and O–H groups in total. The van der Waals surface area contributed by atoms with Gasteiger partial charge in [0.2, 0.25) is 0 Å². The van der Waals surface area contributed by atoms with Gasteiger partial charge in [-0.2, -0.15) is 0 Å². The van der Waals surface area contributed by atoms with Crippen molar-refractivity contribution in [1.82, 2.24) is 4.90 Å². The Morgan fingerprint density at radius 1 is 1.08 bits per heavy atom.